The van der Waals surface area contributed by atoms with Gasteiger partial charge in [0.05, 0.1) is 23.5 Å². The maximum Gasteiger partial charge on any atom is 0.250 e. The van der Waals surface area contributed by atoms with Gasteiger partial charge in [-0.1, -0.05) is 54.1 Å². The van der Waals surface area contributed by atoms with E-state index in [0.29, 0.717) is 33.4 Å². The lowest BCUT2D eigenvalue weighted by Gasteiger charge is -2.14. The summed E-state index contributed by atoms with van der Waals surface area (Å²) >= 11 is 11.3. The van der Waals surface area contributed by atoms with Gasteiger partial charge in [-0.05, 0) is 57.7 Å². The molecule has 0 unspecified atom stereocenters. The number of aryl methyl sites for hydroxylation is 1. The quantitative estimate of drug-likeness (QED) is 0.236. The molecule has 0 aliphatic carbocycles. The van der Waals surface area contributed by atoms with Crippen molar-refractivity contribution < 1.29 is 14.3 Å². The molecule has 0 fully saturated rings. The lowest BCUT2D eigenvalue weighted by atomic mass is 10.1. The van der Waals surface area contributed by atoms with E-state index < -0.39 is 0 Å². The molecule has 3 aromatic rings. The molecule has 0 aromatic heterocycles. The zero-order chi connectivity index (χ0) is 23.6. The molecular formula is C25H24BrClN2O3S. The van der Waals surface area contributed by atoms with Gasteiger partial charge in [-0.2, -0.15) is 5.10 Å². The maximum atomic E-state index is 12.1. The molecule has 3 aromatic carbocycles. The second-order valence-electron chi connectivity index (χ2n) is 7.13. The third kappa shape index (κ3) is 7.52. The minimum absolute atomic E-state index is 0.157. The molecule has 0 bridgehead atoms. The van der Waals surface area contributed by atoms with Gasteiger partial charge in [-0.3, -0.25) is 4.79 Å². The van der Waals surface area contributed by atoms with E-state index in [1.165, 1.54) is 11.1 Å². The number of halogens is 2. The van der Waals surface area contributed by atoms with Gasteiger partial charge < -0.3 is 9.47 Å². The molecule has 0 aliphatic heterocycles. The minimum Gasteiger partial charge on any atom is -0.493 e. The third-order valence-electron chi connectivity index (χ3n) is 4.74. The Morgan fingerprint density at radius 1 is 1.15 bits per heavy atom. The monoisotopic (exact) mass is 546 g/mol. The zero-order valence-corrected chi connectivity index (χ0v) is 21.5. The van der Waals surface area contributed by atoms with Gasteiger partial charge in [0.15, 0.2) is 11.5 Å². The number of nitrogens with one attached hydrogen (secondary N) is 1. The van der Waals surface area contributed by atoms with Gasteiger partial charge in [-0.25, -0.2) is 5.43 Å². The smallest absolute Gasteiger partial charge is 0.250 e. The molecule has 33 heavy (non-hydrogen) atoms. The fraction of sp³-hybridized carbons (Fsp3) is 0.200. The van der Waals surface area contributed by atoms with Crippen LogP contribution in [0.15, 0.2) is 70.2 Å². The predicted octanol–water partition coefficient (Wildman–Crippen LogP) is 6.38. The molecule has 0 saturated heterocycles. The number of amides is 1. The van der Waals surface area contributed by atoms with Gasteiger partial charge in [0.2, 0.25) is 5.91 Å². The van der Waals surface area contributed by atoms with E-state index in [0.717, 1.165) is 16.9 Å². The van der Waals surface area contributed by atoms with E-state index in [4.69, 9.17) is 21.1 Å². The van der Waals surface area contributed by atoms with E-state index in [2.05, 4.69) is 45.5 Å². The van der Waals surface area contributed by atoms with Crippen molar-refractivity contribution in [1.82, 2.24) is 5.43 Å². The molecule has 172 valence electrons. The molecule has 1 N–H and O–H groups in total. The lowest BCUT2D eigenvalue weighted by molar-refractivity contribution is -0.118. The number of thioether (sulfide) groups is 1. The summed E-state index contributed by atoms with van der Waals surface area (Å²) in [4.78, 5) is 12.1. The van der Waals surface area contributed by atoms with E-state index in [9.17, 15) is 4.79 Å². The summed E-state index contributed by atoms with van der Waals surface area (Å²) in [7, 11) is 1.57. The number of hydrazone groups is 1. The summed E-state index contributed by atoms with van der Waals surface area (Å²) in [5.41, 5.74) is 6.64. The number of carbonyl (C=O) groups excluding carboxylic acids is 1. The second kappa shape index (κ2) is 12.7. The summed E-state index contributed by atoms with van der Waals surface area (Å²) in [6, 6.07) is 19.3. The van der Waals surface area contributed by atoms with Crippen LogP contribution in [0.3, 0.4) is 0 Å². The molecule has 0 atom stereocenters. The Morgan fingerprint density at radius 3 is 2.61 bits per heavy atom. The topological polar surface area (TPSA) is 59.9 Å². The number of benzene rings is 3. The maximum absolute atomic E-state index is 12.1. The molecule has 0 aliphatic rings. The number of hydrogen-bond acceptors (Lipinski definition) is 5. The van der Waals surface area contributed by atoms with Crippen LogP contribution in [0.4, 0.5) is 0 Å². The normalized spacial score (nSPS) is 10.9. The average molecular weight is 548 g/mol. The van der Waals surface area contributed by atoms with Crippen LogP contribution in [0.2, 0.25) is 5.02 Å². The largest absolute Gasteiger partial charge is 0.493 e. The van der Waals surface area contributed by atoms with E-state index in [1.807, 2.05) is 42.5 Å². The molecule has 3 rings (SSSR count). The number of hydrogen-bond donors (Lipinski definition) is 1. The van der Waals surface area contributed by atoms with Crippen molar-refractivity contribution >= 4 is 51.4 Å². The predicted molar refractivity (Wildman–Crippen MR) is 140 cm³/mol. The zero-order valence-electron chi connectivity index (χ0n) is 18.3. The van der Waals surface area contributed by atoms with E-state index in [-0.39, 0.29) is 5.91 Å². The Kier molecular flexibility index (Phi) is 9.66. The summed E-state index contributed by atoms with van der Waals surface area (Å²) in [6.45, 7) is 2.37. The highest BCUT2D eigenvalue weighted by atomic mass is 79.9. The van der Waals surface area contributed by atoms with E-state index >= 15 is 0 Å². The molecule has 8 heteroatoms. The average Bonchev–Trinajstić information content (AvgIpc) is 2.80. The van der Waals surface area contributed by atoms with Crippen LogP contribution in [0.25, 0.3) is 0 Å². The summed E-state index contributed by atoms with van der Waals surface area (Å²) in [5, 5.41) is 4.71. The van der Waals surface area contributed by atoms with Crippen molar-refractivity contribution in [3.63, 3.8) is 0 Å². The number of methoxy groups -OCH3 is 1. The van der Waals surface area contributed by atoms with Gasteiger partial charge in [-0.15, -0.1) is 11.8 Å². The first-order chi connectivity index (χ1) is 16.0. The third-order valence-corrected chi connectivity index (χ3v) is 6.68. The molecule has 5 nitrogen and oxygen atoms in total. The molecule has 0 heterocycles. The van der Waals surface area contributed by atoms with E-state index in [1.54, 1.807) is 31.2 Å². The Balaban J connectivity index is 1.54. The van der Waals surface area contributed by atoms with Crippen LogP contribution in [-0.4, -0.2) is 25.0 Å². The molecule has 0 spiro atoms. The van der Waals surface area contributed by atoms with Gasteiger partial charge >= 0.3 is 0 Å². The highest BCUT2D eigenvalue weighted by Gasteiger charge is 2.12. The Morgan fingerprint density at radius 2 is 1.88 bits per heavy atom. The number of rotatable bonds is 10. The van der Waals surface area contributed by atoms with Gasteiger partial charge in [0, 0.05) is 16.3 Å². The van der Waals surface area contributed by atoms with Crippen LogP contribution < -0.4 is 14.9 Å². The van der Waals surface area contributed by atoms with Crippen molar-refractivity contribution in [3.05, 3.63) is 92.4 Å². The Labute approximate surface area is 211 Å². The molecule has 0 radical (unpaired) electrons. The molecular weight excluding hydrogens is 524 g/mol. The number of carbonyl (C=O) groups is 1. The van der Waals surface area contributed by atoms with Gasteiger partial charge in [0.1, 0.15) is 6.61 Å². The number of ether oxygens (including phenoxy) is 2. The molecule has 0 saturated carbocycles. The summed E-state index contributed by atoms with van der Waals surface area (Å²) < 4.78 is 12.1. The first kappa shape index (κ1) is 25.1. The Bertz CT molecular complexity index is 1140. The van der Waals surface area contributed by atoms with Crippen molar-refractivity contribution in [2.75, 3.05) is 12.9 Å². The fourth-order valence-corrected chi connectivity index (χ4v) is 4.62. The SMILES string of the molecule is COc1cc(/C=N\NC(=O)CSCc2ccccc2C)cc(Br)c1OCc1ccccc1Cl. The fourth-order valence-electron chi connectivity index (χ4n) is 2.96. The van der Waals surface area contributed by atoms with Crippen LogP contribution >= 0.6 is 39.3 Å². The van der Waals surface area contributed by atoms with Crippen LogP contribution in [0.1, 0.15) is 22.3 Å². The van der Waals surface area contributed by atoms with Crippen LogP contribution in [0, 0.1) is 6.92 Å². The first-order valence-corrected chi connectivity index (χ1v) is 12.5. The highest BCUT2D eigenvalue weighted by molar-refractivity contribution is 9.10. The van der Waals surface area contributed by atoms with Crippen LogP contribution in [0.5, 0.6) is 11.5 Å². The lowest BCUT2D eigenvalue weighted by Crippen LogP contribution is -2.19. The summed E-state index contributed by atoms with van der Waals surface area (Å²) in [5.74, 6) is 2.05. The molecule has 1 amide bonds. The second-order valence-corrected chi connectivity index (χ2v) is 9.37. The minimum atomic E-state index is -0.157. The van der Waals surface area contributed by atoms with Crippen molar-refractivity contribution in [2.45, 2.75) is 19.3 Å². The van der Waals surface area contributed by atoms with Gasteiger partial charge in [0.25, 0.3) is 0 Å². The van der Waals surface area contributed by atoms with Crippen LogP contribution in [-0.2, 0) is 17.2 Å². The number of nitrogens with zero attached hydrogens (tertiary/aromatic N) is 1. The van der Waals surface area contributed by atoms with Crippen molar-refractivity contribution in [2.24, 2.45) is 5.10 Å². The standard InChI is InChI=1S/C25H24BrClN2O3S/c1-17-7-3-4-9-20(17)15-33-16-24(30)29-28-13-18-11-21(26)25(23(12-18)31-2)32-14-19-8-5-6-10-22(19)27/h3-13H,14-16H2,1-2H3,(H,29,30)/b28-13-. The highest BCUT2D eigenvalue weighted by Crippen LogP contribution is 2.37. The van der Waals surface area contributed by atoms with Crippen molar-refractivity contribution in [3.8, 4) is 11.5 Å². The van der Waals surface area contributed by atoms with Crippen molar-refractivity contribution in [1.29, 1.82) is 0 Å². The summed E-state index contributed by atoms with van der Waals surface area (Å²) in [6.07, 6.45) is 1.56. The first-order valence-electron chi connectivity index (χ1n) is 10.2. The Hall–Kier alpha value is -2.48.